The van der Waals surface area contributed by atoms with Gasteiger partial charge in [0.25, 0.3) is 5.69 Å². The summed E-state index contributed by atoms with van der Waals surface area (Å²) in [4.78, 5) is 10.3. The van der Waals surface area contributed by atoms with Crippen LogP contribution >= 0.6 is 0 Å². The van der Waals surface area contributed by atoms with E-state index in [-0.39, 0.29) is 11.7 Å². The highest BCUT2D eigenvalue weighted by atomic mass is 16.6. The van der Waals surface area contributed by atoms with Crippen molar-refractivity contribution in [2.45, 2.75) is 32.9 Å². The molecule has 94 valence electrons. The summed E-state index contributed by atoms with van der Waals surface area (Å²) in [5.74, 6) is 0. The lowest BCUT2D eigenvalue weighted by Gasteiger charge is -2.14. The molecule has 0 aliphatic rings. The number of hydrogen-bond acceptors (Lipinski definition) is 4. The Morgan fingerprint density at radius 3 is 2.65 bits per heavy atom. The molecule has 0 saturated heterocycles. The van der Waals surface area contributed by atoms with Crippen molar-refractivity contribution in [3.05, 3.63) is 39.4 Å². The summed E-state index contributed by atoms with van der Waals surface area (Å²) in [7, 11) is 0. The molecule has 5 heteroatoms. The van der Waals surface area contributed by atoms with Crippen LogP contribution in [0.2, 0.25) is 0 Å². The first-order chi connectivity index (χ1) is 7.91. The van der Waals surface area contributed by atoms with Crippen molar-refractivity contribution in [1.29, 1.82) is 0 Å². The van der Waals surface area contributed by atoms with Gasteiger partial charge in [0.15, 0.2) is 0 Å². The summed E-state index contributed by atoms with van der Waals surface area (Å²) < 4.78 is 0. The fourth-order valence-electron chi connectivity index (χ4n) is 1.50. The molecule has 17 heavy (non-hydrogen) atoms. The fourth-order valence-corrected chi connectivity index (χ4v) is 1.50. The third-order valence-electron chi connectivity index (χ3n) is 2.53. The second-order valence-corrected chi connectivity index (χ2v) is 4.38. The van der Waals surface area contributed by atoms with Crippen LogP contribution in [-0.2, 0) is 0 Å². The maximum absolute atomic E-state index is 10.8. The van der Waals surface area contributed by atoms with Gasteiger partial charge in [-0.15, -0.1) is 0 Å². The normalized spacial score (nSPS) is 12.8. The average molecular weight is 238 g/mol. The molecule has 0 aliphatic heterocycles. The van der Waals surface area contributed by atoms with Crippen molar-refractivity contribution < 1.29 is 10.0 Å². The van der Waals surface area contributed by atoms with E-state index < -0.39 is 11.0 Å². The van der Waals surface area contributed by atoms with Crippen molar-refractivity contribution in [3.63, 3.8) is 0 Å². The van der Waals surface area contributed by atoms with Gasteiger partial charge in [-0.25, -0.2) is 0 Å². The van der Waals surface area contributed by atoms with Crippen LogP contribution < -0.4 is 5.32 Å². The second-order valence-electron chi connectivity index (χ2n) is 4.38. The first kappa shape index (κ1) is 13.6. The molecule has 0 aromatic heterocycles. The Hall–Kier alpha value is -1.46. The summed E-state index contributed by atoms with van der Waals surface area (Å²) >= 11 is 0. The molecule has 1 atom stereocenters. The Balaban J connectivity index is 2.84. The van der Waals surface area contributed by atoms with Crippen LogP contribution in [0.15, 0.2) is 18.2 Å². The topological polar surface area (TPSA) is 75.4 Å². The monoisotopic (exact) mass is 238 g/mol. The van der Waals surface area contributed by atoms with E-state index in [4.69, 9.17) is 0 Å². The highest BCUT2D eigenvalue weighted by molar-refractivity contribution is 5.43. The van der Waals surface area contributed by atoms with Gasteiger partial charge in [0.1, 0.15) is 0 Å². The van der Waals surface area contributed by atoms with Gasteiger partial charge in [-0.3, -0.25) is 10.1 Å². The number of nitro groups is 1. The number of hydrogen-bond donors (Lipinski definition) is 2. The zero-order chi connectivity index (χ0) is 13.0. The van der Waals surface area contributed by atoms with Crippen LogP contribution in [-0.4, -0.2) is 22.6 Å². The second kappa shape index (κ2) is 5.75. The van der Waals surface area contributed by atoms with Crippen LogP contribution in [0.3, 0.4) is 0 Å². The number of nitro benzene ring substituents is 1. The number of aliphatic hydroxyl groups excluding tert-OH is 1. The van der Waals surface area contributed by atoms with E-state index in [0.29, 0.717) is 17.7 Å². The van der Waals surface area contributed by atoms with Crippen LogP contribution in [0.4, 0.5) is 5.69 Å². The number of nitrogens with zero attached hydrogens (tertiary/aromatic N) is 1. The highest BCUT2D eigenvalue weighted by Gasteiger charge is 2.15. The third kappa shape index (κ3) is 3.80. The van der Waals surface area contributed by atoms with Crippen molar-refractivity contribution >= 4 is 5.69 Å². The Labute approximate surface area is 101 Å². The van der Waals surface area contributed by atoms with E-state index >= 15 is 0 Å². The van der Waals surface area contributed by atoms with Crippen molar-refractivity contribution in [2.75, 3.05) is 6.54 Å². The quantitative estimate of drug-likeness (QED) is 0.607. The van der Waals surface area contributed by atoms with Crippen LogP contribution in [0.25, 0.3) is 0 Å². The molecule has 1 unspecified atom stereocenters. The lowest BCUT2D eigenvalue weighted by Crippen LogP contribution is -2.27. The zero-order valence-corrected chi connectivity index (χ0v) is 10.3. The van der Waals surface area contributed by atoms with E-state index in [1.807, 2.05) is 13.8 Å². The van der Waals surface area contributed by atoms with Gasteiger partial charge < -0.3 is 10.4 Å². The minimum atomic E-state index is -0.725. The third-order valence-corrected chi connectivity index (χ3v) is 2.53. The standard InChI is InChI=1S/C12H18N2O3/c1-8(2)13-7-12(15)10-5-4-9(3)11(6-10)14(16)17/h4-6,8,12-13,15H,7H2,1-3H3. The van der Waals surface area contributed by atoms with Gasteiger partial charge in [0, 0.05) is 24.2 Å². The molecule has 1 aromatic carbocycles. The largest absolute Gasteiger partial charge is 0.387 e. The molecule has 0 fully saturated rings. The van der Waals surface area contributed by atoms with E-state index in [2.05, 4.69) is 5.32 Å². The zero-order valence-electron chi connectivity index (χ0n) is 10.3. The van der Waals surface area contributed by atoms with Crippen molar-refractivity contribution in [3.8, 4) is 0 Å². The first-order valence-electron chi connectivity index (χ1n) is 5.58. The molecule has 0 spiro atoms. The summed E-state index contributed by atoms with van der Waals surface area (Å²) in [6, 6.07) is 5.08. The molecule has 5 nitrogen and oxygen atoms in total. The van der Waals surface area contributed by atoms with Gasteiger partial charge in [0.2, 0.25) is 0 Å². The van der Waals surface area contributed by atoms with Gasteiger partial charge >= 0.3 is 0 Å². The number of rotatable bonds is 5. The lowest BCUT2D eigenvalue weighted by molar-refractivity contribution is -0.385. The van der Waals surface area contributed by atoms with Crippen molar-refractivity contribution in [1.82, 2.24) is 5.32 Å². The van der Waals surface area contributed by atoms with E-state index in [1.165, 1.54) is 6.07 Å². The molecular formula is C12H18N2O3. The SMILES string of the molecule is Cc1ccc(C(O)CNC(C)C)cc1[N+](=O)[O-]. The van der Waals surface area contributed by atoms with Crippen LogP contribution in [0, 0.1) is 17.0 Å². The highest BCUT2D eigenvalue weighted by Crippen LogP contribution is 2.23. The van der Waals surface area contributed by atoms with E-state index in [9.17, 15) is 15.2 Å². The predicted molar refractivity (Wildman–Crippen MR) is 65.9 cm³/mol. The summed E-state index contributed by atoms with van der Waals surface area (Å²) in [5.41, 5.74) is 1.21. The van der Waals surface area contributed by atoms with Gasteiger partial charge in [0.05, 0.1) is 11.0 Å². The maximum atomic E-state index is 10.8. The predicted octanol–water partition coefficient (Wildman–Crippen LogP) is 1.93. The van der Waals surface area contributed by atoms with Gasteiger partial charge in [-0.2, -0.15) is 0 Å². The molecule has 1 aromatic rings. The fraction of sp³-hybridized carbons (Fsp3) is 0.500. The molecule has 1 rings (SSSR count). The number of nitrogens with one attached hydrogen (secondary N) is 1. The summed E-state index contributed by atoms with van der Waals surface area (Å²) in [6.45, 7) is 6.02. The molecule has 0 heterocycles. The van der Waals surface area contributed by atoms with E-state index in [1.54, 1.807) is 19.1 Å². The molecule has 0 saturated carbocycles. The number of aryl methyl sites for hydroxylation is 1. The Bertz CT molecular complexity index is 405. The van der Waals surface area contributed by atoms with Crippen molar-refractivity contribution in [2.24, 2.45) is 0 Å². The number of benzene rings is 1. The van der Waals surface area contributed by atoms with Crippen LogP contribution in [0.1, 0.15) is 31.1 Å². The Kier molecular flexibility index (Phi) is 4.60. The van der Waals surface area contributed by atoms with Gasteiger partial charge in [-0.05, 0) is 12.5 Å². The smallest absolute Gasteiger partial charge is 0.272 e. The minimum absolute atomic E-state index is 0.0473. The Morgan fingerprint density at radius 1 is 1.47 bits per heavy atom. The average Bonchev–Trinajstić information content (AvgIpc) is 2.26. The molecule has 2 N–H and O–H groups in total. The molecule has 0 radical (unpaired) electrons. The summed E-state index contributed by atoms with van der Waals surface area (Å²) in [6.07, 6.45) is -0.725. The maximum Gasteiger partial charge on any atom is 0.272 e. The molecular weight excluding hydrogens is 220 g/mol. The summed E-state index contributed by atoms with van der Waals surface area (Å²) in [5, 5.41) is 23.7. The lowest BCUT2D eigenvalue weighted by atomic mass is 10.1. The first-order valence-corrected chi connectivity index (χ1v) is 5.58. The van der Waals surface area contributed by atoms with Crippen LogP contribution in [0.5, 0.6) is 0 Å². The minimum Gasteiger partial charge on any atom is -0.387 e. The Morgan fingerprint density at radius 2 is 2.12 bits per heavy atom. The molecule has 0 amide bonds. The number of aliphatic hydroxyl groups is 1. The van der Waals surface area contributed by atoms with E-state index in [0.717, 1.165) is 0 Å². The van der Waals surface area contributed by atoms with Gasteiger partial charge in [-0.1, -0.05) is 26.0 Å². The molecule has 0 bridgehead atoms. The molecule has 0 aliphatic carbocycles.